The predicted octanol–water partition coefficient (Wildman–Crippen LogP) is 4.28. The van der Waals surface area contributed by atoms with Gasteiger partial charge in [-0.25, -0.2) is 4.79 Å². The number of rotatable bonds is 15. The van der Waals surface area contributed by atoms with Gasteiger partial charge in [0.2, 0.25) is 5.91 Å². The van der Waals surface area contributed by atoms with Crippen LogP contribution in [-0.4, -0.2) is 30.8 Å². The topological polar surface area (TPSA) is 55.4 Å². The summed E-state index contributed by atoms with van der Waals surface area (Å²) in [5, 5.41) is 2.74. The van der Waals surface area contributed by atoms with Crippen LogP contribution in [0.5, 0.6) is 0 Å². The van der Waals surface area contributed by atoms with Gasteiger partial charge in [-0.2, -0.15) is 12.6 Å². The highest BCUT2D eigenvalue weighted by Gasteiger charge is 2.20. The number of esters is 1. The number of unbranched alkanes of at least 4 members (excludes halogenated alkanes) is 9. The maximum Gasteiger partial charge on any atom is 0.328 e. The normalized spacial score (nSPS) is 12.0. The zero-order chi connectivity index (χ0) is 17.3. The molecule has 0 fully saturated rings. The molecule has 4 nitrogen and oxygen atoms in total. The minimum Gasteiger partial charge on any atom is -0.467 e. The molecular formula is C18H35NO3S. The molecule has 0 aliphatic carbocycles. The average molecular weight is 346 g/mol. The Morgan fingerprint density at radius 1 is 0.957 bits per heavy atom. The SMILES string of the molecule is CCCCCCCCCCCCC(=O)NC(CCS)C(=O)OC. The molecule has 136 valence electrons. The zero-order valence-electron chi connectivity index (χ0n) is 14.9. The molecule has 0 rings (SSSR count). The van der Waals surface area contributed by atoms with Gasteiger partial charge in [0.1, 0.15) is 6.04 Å². The Balaban J connectivity index is 3.56. The smallest absolute Gasteiger partial charge is 0.328 e. The van der Waals surface area contributed by atoms with Gasteiger partial charge in [-0.1, -0.05) is 64.7 Å². The van der Waals surface area contributed by atoms with Crippen LogP contribution in [0.3, 0.4) is 0 Å². The summed E-state index contributed by atoms with van der Waals surface area (Å²) in [6.07, 6.45) is 13.4. The van der Waals surface area contributed by atoms with E-state index in [2.05, 4.69) is 29.6 Å². The summed E-state index contributed by atoms with van der Waals surface area (Å²) in [7, 11) is 1.34. The first kappa shape index (κ1) is 22.3. The van der Waals surface area contributed by atoms with Crippen LogP contribution < -0.4 is 5.32 Å². The minimum absolute atomic E-state index is 0.0678. The van der Waals surface area contributed by atoms with E-state index in [9.17, 15) is 9.59 Å². The van der Waals surface area contributed by atoms with Crippen molar-refractivity contribution in [2.24, 2.45) is 0 Å². The standard InChI is InChI=1S/C18H35NO3S/c1-3-4-5-6-7-8-9-10-11-12-13-17(20)19-16(14-15-23)18(21)22-2/h16,23H,3-15H2,1-2H3,(H,19,20). The van der Waals surface area contributed by atoms with Crippen molar-refractivity contribution in [3.63, 3.8) is 0 Å². The third-order valence-corrected chi connectivity index (χ3v) is 4.25. The Bertz CT molecular complexity index is 311. The van der Waals surface area contributed by atoms with Gasteiger partial charge >= 0.3 is 5.97 Å². The first-order chi connectivity index (χ1) is 11.2. The number of hydrogen-bond acceptors (Lipinski definition) is 4. The molecule has 0 aromatic rings. The van der Waals surface area contributed by atoms with Crippen molar-refractivity contribution in [3.05, 3.63) is 0 Å². The first-order valence-electron chi connectivity index (χ1n) is 9.13. The third kappa shape index (κ3) is 13.4. The quantitative estimate of drug-likeness (QED) is 0.265. The molecule has 1 unspecified atom stereocenters. The molecule has 1 amide bonds. The van der Waals surface area contributed by atoms with Crippen LogP contribution >= 0.6 is 12.6 Å². The van der Waals surface area contributed by atoms with Crippen molar-refractivity contribution in [1.82, 2.24) is 5.32 Å². The molecule has 0 saturated carbocycles. The molecule has 0 aromatic heterocycles. The first-order valence-corrected chi connectivity index (χ1v) is 9.77. The number of hydrogen-bond donors (Lipinski definition) is 2. The molecule has 1 N–H and O–H groups in total. The predicted molar refractivity (Wildman–Crippen MR) is 98.9 cm³/mol. The monoisotopic (exact) mass is 345 g/mol. The van der Waals surface area contributed by atoms with Crippen LogP contribution in [0, 0.1) is 0 Å². The van der Waals surface area contributed by atoms with E-state index in [4.69, 9.17) is 0 Å². The number of carbonyl (C=O) groups is 2. The second-order valence-corrected chi connectivity index (χ2v) is 6.53. The summed E-state index contributed by atoms with van der Waals surface area (Å²) in [4.78, 5) is 23.3. The van der Waals surface area contributed by atoms with E-state index in [1.54, 1.807) is 0 Å². The number of carbonyl (C=O) groups excluding carboxylic acids is 2. The Labute approximate surface area is 147 Å². The van der Waals surface area contributed by atoms with Crippen molar-refractivity contribution in [2.45, 2.75) is 90.0 Å². The van der Waals surface area contributed by atoms with Gasteiger partial charge in [0.15, 0.2) is 0 Å². The second kappa shape index (κ2) is 16.2. The van der Waals surface area contributed by atoms with Crippen molar-refractivity contribution in [3.8, 4) is 0 Å². The molecule has 0 bridgehead atoms. The van der Waals surface area contributed by atoms with Gasteiger partial charge in [0, 0.05) is 6.42 Å². The van der Waals surface area contributed by atoms with E-state index in [1.807, 2.05) is 0 Å². The maximum absolute atomic E-state index is 11.8. The van der Waals surface area contributed by atoms with Crippen molar-refractivity contribution in [1.29, 1.82) is 0 Å². The van der Waals surface area contributed by atoms with E-state index >= 15 is 0 Å². The molecule has 0 aliphatic heterocycles. The zero-order valence-corrected chi connectivity index (χ0v) is 15.8. The Hall–Kier alpha value is -0.710. The van der Waals surface area contributed by atoms with Crippen LogP contribution in [-0.2, 0) is 14.3 Å². The van der Waals surface area contributed by atoms with E-state index in [0.717, 1.165) is 12.8 Å². The van der Waals surface area contributed by atoms with E-state index in [1.165, 1.54) is 58.5 Å². The molecule has 1 atom stereocenters. The maximum atomic E-state index is 11.8. The fraction of sp³-hybridized carbons (Fsp3) is 0.889. The fourth-order valence-electron chi connectivity index (χ4n) is 2.56. The van der Waals surface area contributed by atoms with Crippen molar-refractivity contribution < 1.29 is 14.3 Å². The summed E-state index contributed by atoms with van der Waals surface area (Å²) in [5.41, 5.74) is 0. The summed E-state index contributed by atoms with van der Waals surface area (Å²) >= 11 is 4.10. The average Bonchev–Trinajstić information content (AvgIpc) is 2.55. The van der Waals surface area contributed by atoms with Crippen molar-refractivity contribution in [2.75, 3.05) is 12.9 Å². The number of methoxy groups -OCH3 is 1. The lowest BCUT2D eigenvalue weighted by molar-refractivity contribution is -0.145. The van der Waals surface area contributed by atoms with E-state index in [-0.39, 0.29) is 5.91 Å². The van der Waals surface area contributed by atoms with Gasteiger partial charge in [-0.05, 0) is 18.6 Å². The third-order valence-electron chi connectivity index (χ3n) is 4.00. The fourth-order valence-corrected chi connectivity index (χ4v) is 2.82. The second-order valence-electron chi connectivity index (χ2n) is 6.09. The molecule has 5 heteroatoms. The molecule has 0 radical (unpaired) electrons. The lowest BCUT2D eigenvalue weighted by atomic mass is 10.1. The molecule has 0 aromatic carbocycles. The minimum atomic E-state index is -0.562. The summed E-state index contributed by atoms with van der Waals surface area (Å²) in [5.74, 6) is 0.0791. The number of nitrogens with one attached hydrogen (secondary N) is 1. The highest BCUT2D eigenvalue weighted by atomic mass is 32.1. The van der Waals surface area contributed by atoms with Crippen LogP contribution in [0.1, 0.15) is 84.0 Å². The van der Waals surface area contributed by atoms with Gasteiger partial charge in [-0.3, -0.25) is 4.79 Å². The number of thiol groups is 1. The van der Waals surface area contributed by atoms with Gasteiger partial charge < -0.3 is 10.1 Å². The van der Waals surface area contributed by atoms with Crippen LogP contribution in [0.15, 0.2) is 0 Å². The Morgan fingerprint density at radius 3 is 1.96 bits per heavy atom. The number of ether oxygens (including phenoxy) is 1. The van der Waals surface area contributed by atoms with Gasteiger partial charge in [0.25, 0.3) is 0 Å². The molecule has 0 heterocycles. The Kier molecular flexibility index (Phi) is 15.7. The summed E-state index contributed by atoms with van der Waals surface area (Å²) in [6, 6.07) is -0.562. The highest BCUT2D eigenvalue weighted by molar-refractivity contribution is 7.80. The lowest BCUT2D eigenvalue weighted by Gasteiger charge is -2.15. The molecular weight excluding hydrogens is 310 g/mol. The van der Waals surface area contributed by atoms with Crippen LogP contribution in [0.2, 0.25) is 0 Å². The van der Waals surface area contributed by atoms with Crippen molar-refractivity contribution >= 4 is 24.5 Å². The van der Waals surface area contributed by atoms with Crippen LogP contribution in [0.25, 0.3) is 0 Å². The number of amides is 1. The molecule has 0 aliphatic rings. The highest BCUT2D eigenvalue weighted by Crippen LogP contribution is 2.11. The summed E-state index contributed by atoms with van der Waals surface area (Å²) < 4.78 is 4.68. The van der Waals surface area contributed by atoms with Crippen LogP contribution in [0.4, 0.5) is 0 Å². The Morgan fingerprint density at radius 2 is 1.48 bits per heavy atom. The molecule has 23 heavy (non-hydrogen) atoms. The van der Waals surface area contributed by atoms with Gasteiger partial charge in [-0.15, -0.1) is 0 Å². The van der Waals surface area contributed by atoms with E-state index < -0.39 is 12.0 Å². The summed E-state index contributed by atoms with van der Waals surface area (Å²) in [6.45, 7) is 2.24. The van der Waals surface area contributed by atoms with Gasteiger partial charge in [0.05, 0.1) is 7.11 Å². The molecule has 0 saturated heterocycles. The lowest BCUT2D eigenvalue weighted by Crippen LogP contribution is -2.41. The van der Waals surface area contributed by atoms with E-state index in [0.29, 0.717) is 18.6 Å². The molecule has 0 spiro atoms. The largest absolute Gasteiger partial charge is 0.467 e.